The van der Waals surface area contributed by atoms with Gasteiger partial charge in [0.25, 0.3) is 5.91 Å². The van der Waals surface area contributed by atoms with Crippen molar-refractivity contribution in [2.75, 3.05) is 39.6 Å². The van der Waals surface area contributed by atoms with Gasteiger partial charge in [0.15, 0.2) is 11.5 Å². The third-order valence-electron chi connectivity index (χ3n) is 5.00. The van der Waals surface area contributed by atoms with Crippen molar-refractivity contribution in [3.05, 3.63) is 58.6 Å². The van der Waals surface area contributed by atoms with Gasteiger partial charge in [-0.1, -0.05) is 11.6 Å². The molecule has 0 unspecified atom stereocenters. The summed E-state index contributed by atoms with van der Waals surface area (Å²) in [7, 11) is 0. The summed E-state index contributed by atoms with van der Waals surface area (Å²) < 4.78 is 16.4. The number of hydrogen-bond acceptors (Lipinski definition) is 4. The zero-order valence-corrected chi connectivity index (χ0v) is 15.6. The highest BCUT2D eigenvalue weighted by Crippen LogP contribution is 2.33. The van der Waals surface area contributed by atoms with Crippen molar-refractivity contribution in [1.29, 1.82) is 0 Å². The molecule has 7 heteroatoms. The Hall–Kier alpha value is -2.28. The summed E-state index contributed by atoms with van der Waals surface area (Å²) in [6.07, 6.45) is 0. The average Bonchev–Trinajstić information content (AvgIpc) is 3.17. The van der Waals surface area contributed by atoms with E-state index >= 15 is 0 Å². The van der Waals surface area contributed by atoms with Crippen LogP contribution in [0.15, 0.2) is 42.5 Å². The van der Waals surface area contributed by atoms with Gasteiger partial charge in [0.1, 0.15) is 19.1 Å². The normalized spacial score (nSPS) is 17.5. The van der Waals surface area contributed by atoms with E-state index in [2.05, 4.69) is 11.4 Å². The molecule has 1 fully saturated rings. The SMILES string of the molecule is O=C(NC[C@H](c1ccc2c(c1)OCO2)[NH+]1CCOCC1)c1ccc(Cl)cc1. The lowest BCUT2D eigenvalue weighted by molar-refractivity contribution is -0.937. The van der Waals surface area contributed by atoms with Gasteiger partial charge in [-0.2, -0.15) is 0 Å². The highest BCUT2D eigenvalue weighted by molar-refractivity contribution is 6.30. The average molecular weight is 390 g/mol. The molecule has 6 nitrogen and oxygen atoms in total. The summed E-state index contributed by atoms with van der Waals surface area (Å²) in [4.78, 5) is 13.9. The van der Waals surface area contributed by atoms with Crippen molar-refractivity contribution < 1.29 is 23.9 Å². The van der Waals surface area contributed by atoms with Gasteiger partial charge in [-0.05, 0) is 42.5 Å². The first-order valence-electron chi connectivity index (χ1n) is 9.06. The predicted molar refractivity (Wildman–Crippen MR) is 101 cm³/mol. The molecule has 2 aliphatic rings. The van der Waals surface area contributed by atoms with E-state index in [1.807, 2.05) is 12.1 Å². The summed E-state index contributed by atoms with van der Waals surface area (Å²) in [5.41, 5.74) is 1.72. The molecule has 4 rings (SSSR count). The number of fused-ring (bicyclic) bond motifs is 1. The molecule has 142 valence electrons. The van der Waals surface area contributed by atoms with Gasteiger partial charge in [-0.25, -0.2) is 0 Å². The van der Waals surface area contributed by atoms with Crippen LogP contribution in [0.5, 0.6) is 11.5 Å². The van der Waals surface area contributed by atoms with Crippen LogP contribution in [0.3, 0.4) is 0 Å². The number of morpholine rings is 1. The van der Waals surface area contributed by atoms with Gasteiger partial charge in [0, 0.05) is 16.1 Å². The first-order valence-corrected chi connectivity index (χ1v) is 9.44. The lowest BCUT2D eigenvalue weighted by Crippen LogP contribution is -3.15. The fourth-order valence-corrected chi connectivity index (χ4v) is 3.63. The zero-order valence-electron chi connectivity index (χ0n) is 14.9. The molecule has 2 aromatic rings. The number of hydrogen-bond donors (Lipinski definition) is 2. The molecule has 27 heavy (non-hydrogen) atoms. The minimum atomic E-state index is -0.106. The van der Waals surface area contributed by atoms with Crippen LogP contribution in [0.25, 0.3) is 0 Å². The fraction of sp³-hybridized carbons (Fsp3) is 0.350. The van der Waals surface area contributed by atoms with E-state index in [9.17, 15) is 4.79 Å². The molecule has 2 aliphatic heterocycles. The van der Waals surface area contributed by atoms with Crippen molar-refractivity contribution in [3.8, 4) is 11.5 Å². The Morgan fingerprint density at radius 3 is 2.59 bits per heavy atom. The molecule has 0 saturated carbocycles. The number of ether oxygens (including phenoxy) is 3. The number of halogens is 1. The van der Waals surface area contributed by atoms with Crippen molar-refractivity contribution in [1.82, 2.24) is 5.32 Å². The minimum Gasteiger partial charge on any atom is -0.454 e. The highest BCUT2D eigenvalue weighted by Gasteiger charge is 2.28. The molecule has 0 bridgehead atoms. The molecule has 2 heterocycles. The van der Waals surface area contributed by atoms with Gasteiger partial charge in [-0.3, -0.25) is 4.79 Å². The van der Waals surface area contributed by atoms with Crippen LogP contribution in [0, 0.1) is 0 Å². The first kappa shape index (κ1) is 18.1. The summed E-state index contributed by atoms with van der Waals surface area (Å²) in [6, 6.07) is 13.0. The number of nitrogens with one attached hydrogen (secondary N) is 2. The summed E-state index contributed by atoms with van der Waals surface area (Å²) in [5.74, 6) is 1.42. The second kappa shape index (κ2) is 8.17. The van der Waals surface area contributed by atoms with Gasteiger partial charge in [0.05, 0.1) is 19.8 Å². The van der Waals surface area contributed by atoms with Crippen molar-refractivity contribution >= 4 is 17.5 Å². The monoisotopic (exact) mass is 389 g/mol. The van der Waals surface area contributed by atoms with Crippen LogP contribution in [0.2, 0.25) is 5.02 Å². The maximum Gasteiger partial charge on any atom is 0.251 e. The molecule has 1 saturated heterocycles. The van der Waals surface area contributed by atoms with Gasteiger partial charge >= 0.3 is 0 Å². The Morgan fingerprint density at radius 2 is 1.81 bits per heavy atom. The zero-order chi connectivity index (χ0) is 18.6. The quantitative estimate of drug-likeness (QED) is 0.812. The number of amides is 1. The van der Waals surface area contributed by atoms with Crippen molar-refractivity contribution in [2.45, 2.75) is 6.04 Å². The standard InChI is InChI=1S/C20H21ClN2O4/c21-16-4-1-14(2-5-16)20(24)22-12-17(23-7-9-25-10-8-23)15-3-6-18-19(11-15)27-13-26-18/h1-6,11,17H,7-10,12-13H2,(H,22,24)/p+1/t17-/m1/s1. The molecule has 1 atom stereocenters. The van der Waals surface area contributed by atoms with E-state index in [4.69, 9.17) is 25.8 Å². The molecule has 2 aromatic carbocycles. The number of carbonyl (C=O) groups is 1. The van der Waals surface area contributed by atoms with E-state index in [1.54, 1.807) is 24.3 Å². The van der Waals surface area contributed by atoms with Gasteiger partial charge in [0.2, 0.25) is 6.79 Å². The molecule has 2 N–H and O–H groups in total. The van der Waals surface area contributed by atoms with E-state index in [0.717, 1.165) is 43.4 Å². The molecular formula is C20H22ClN2O4+. The Bertz CT molecular complexity index is 806. The number of quaternary nitrogens is 1. The summed E-state index contributed by atoms with van der Waals surface area (Å²) >= 11 is 5.90. The van der Waals surface area contributed by atoms with E-state index < -0.39 is 0 Å². The lowest BCUT2D eigenvalue weighted by atomic mass is 10.0. The van der Waals surface area contributed by atoms with Crippen LogP contribution in [-0.2, 0) is 4.74 Å². The Labute approximate surface area is 163 Å². The molecule has 0 spiro atoms. The van der Waals surface area contributed by atoms with Crippen molar-refractivity contribution in [2.24, 2.45) is 0 Å². The Balaban J connectivity index is 1.51. The number of carbonyl (C=O) groups excluding carboxylic acids is 1. The fourth-order valence-electron chi connectivity index (χ4n) is 3.51. The molecular weight excluding hydrogens is 368 g/mol. The maximum absolute atomic E-state index is 12.5. The maximum atomic E-state index is 12.5. The Morgan fingerprint density at radius 1 is 1.07 bits per heavy atom. The van der Waals surface area contributed by atoms with E-state index in [1.165, 1.54) is 4.90 Å². The first-order chi connectivity index (χ1) is 13.2. The van der Waals surface area contributed by atoms with E-state index in [0.29, 0.717) is 17.1 Å². The second-order valence-corrected chi connectivity index (χ2v) is 7.09. The van der Waals surface area contributed by atoms with Crippen LogP contribution < -0.4 is 19.7 Å². The highest BCUT2D eigenvalue weighted by atomic mass is 35.5. The summed E-state index contributed by atoms with van der Waals surface area (Å²) in [5, 5.41) is 3.68. The number of rotatable bonds is 5. The van der Waals surface area contributed by atoms with E-state index in [-0.39, 0.29) is 18.7 Å². The predicted octanol–water partition coefficient (Wildman–Crippen LogP) is 1.45. The molecule has 0 radical (unpaired) electrons. The van der Waals surface area contributed by atoms with Crippen LogP contribution in [-0.4, -0.2) is 45.5 Å². The minimum absolute atomic E-state index is 0.106. The largest absolute Gasteiger partial charge is 0.454 e. The molecule has 0 aromatic heterocycles. The third kappa shape index (κ3) is 4.18. The second-order valence-electron chi connectivity index (χ2n) is 6.65. The van der Waals surface area contributed by atoms with Crippen LogP contribution in [0.1, 0.15) is 22.0 Å². The van der Waals surface area contributed by atoms with Gasteiger partial charge in [-0.15, -0.1) is 0 Å². The van der Waals surface area contributed by atoms with Crippen LogP contribution >= 0.6 is 11.6 Å². The van der Waals surface area contributed by atoms with Gasteiger partial charge < -0.3 is 24.4 Å². The lowest BCUT2D eigenvalue weighted by Gasteiger charge is -2.32. The Kier molecular flexibility index (Phi) is 5.48. The topological polar surface area (TPSA) is 61.2 Å². The summed E-state index contributed by atoms with van der Waals surface area (Å²) in [6.45, 7) is 4.02. The molecule has 0 aliphatic carbocycles. The third-order valence-corrected chi connectivity index (χ3v) is 5.25. The van der Waals surface area contributed by atoms with Crippen LogP contribution in [0.4, 0.5) is 0 Å². The smallest absolute Gasteiger partial charge is 0.251 e. The molecule has 1 amide bonds. The van der Waals surface area contributed by atoms with Crippen molar-refractivity contribution in [3.63, 3.8) is 0 Å². The number of benzene rings is 2.